The summed E-state index contributed by atoms with van der Waals surface area (Å²) in [6.07, 6.45) is 0.280. The minimum atomic E-state index is -0.0578. The van der Waals surface area contributed by atoms with Crippen molar-refractivity contribution >= 4 is 18.3 Å². The van der Waals surface area contributed by atoms with E-state index in [1.54, 1.807) is 4.68 Å². The van der Waals surface area contributed by atoms with Gasteiger partial charge in [-0.1, -0.05) is 0 Å². The maximum Gasteiger partial charge on any atom is 0.251 e. The first-order chi connectivity index (χ1) is 10.4. The van der Waals surface area contributed by atoms with Crippen LogP contribution < -0.4 is 11.1 Å². The van der Waals surface area contributed by atoms with Crippen LogP contribution in [0, 0.1) is 27.7 Å². The van der Waals surface area contributed by atoms with Crippen molar-refractivity contribution in [3.63, 3.8) is 0 Å². The zero-order valence-corrected chi connectivity index (χ0v) is 14.7. The molecule has 0 radical (unpaired) electrons. The fraction of sp³-hybridized carbons (Fsp3) is 0.467. The summed E-state index contributed by atoms with van der Waals surface area (Å²) in [5, 5.41) is 7.25. The highest BCUT2D eigenvalue weighted by molar-refractivity contribution is 5.85. The van der Waals surface area contributed by atoms with E-state index < -0.39 is 0 Å². The lowest BCUT2D eigenvalue weighted by atomic mass is 10.1. The molecule has 8 heteroatoms. The first kappa shape index (κ1) is 19.1. The van der Waals surface area contributed by atoms with Gasteiger partial charge in [0, 0.05) is 35.7 Å². The zero-order valence-electron chi connectivity index (χ0n) is 13.9. The fourth-order valence-corrected chi connectivity index (χ4v) is 2.36. The van der Waals surface area contributed by atoms with Crippen LogP contribution >= 0.6 is 12.4 Å². The van der Waals surface area contributed by atoms with Crippen molar-refractivity contribution in [1.29, 1.82) is 0 Å². The van der Waals surface area contributed by atoms with Gasteiger partial charge in [-0.25, -0.2) is 14.6 Å². The van der Waals surface area contributed by atoms with Crippen molar-refractivity contribution in [1.82, 2.24) is 25.1 Å². The van der Waals surface area contributed by atoms with Gasteiger partial charge in [0.1, 0.15) is 0 Å². The number of rotatable bonds is 5. The van der Waals surface area contributed by atoms with Crippen LogP contribution in [0.2, 0.25) is 0 Å². The number of carbonyl (C=O) groups is 1. The molecule has 2 heterocycles. The first-order valence-corrected chi connectivity index (χ1v) is 7.27. The maximum atomic E-state index is 11.9. The molecule has 0 aliphatic carbocycles. The third-order valence-corrected chi connectivity index (χ3v) is 3.40. The van der Waals surface area contributed by atoms with Gasteiger partial charge in [0.05, 0.1) is 12.1 Å². The molecule has 0 aliphatic rings. The van der Waals surface area contributed by atoms with Gasteiger partial charge in [0.15, 0.2) is 0 Å². The molecule has 1 amide bonds. The Morgan fingerprint density at radius 1 is 1.22 bits per heavy atom. The molecule has 2 aromatic heterocycles. The molecule has 126 valence electrons. The minimum Gasteiger partial charge on any atom is -0.355 e. The smallest absolute Gasteiger partial charge is 0.251 e. The van der Waals surface area contributed by atoms with E-state index in [2.05, 4.69) is 20.4 Å². The van der Waals surface area contributed by atoms with E-state index >= 15 is 0 Å². The molecular formula is C15H23ClN6O. The van der Waals surface area contributed by atoms with E-state index in [0.717, 1.165) is 28.3 Å². The summed E-state index contributed by atoms with van der Waals surface area (Å²) in [6.45, 7) is 8.56. The van der Waals surface area contributed by atoms with E-state index in [1.807, 2.05) is 33.8 Å². The number of nitrogens with two attached hydrogens (primary N) is 1. The standard InChI is InChI=1S/C15H22N6O.ClH/c1-9-7-10(2)19-15(18-9)21-12(4)13(11(3)20-21)8-14(22)17-6-5-16;/h7H,5-6,8,16H2,1-4H3,(H,17,22);1H. The second kappa shape index (κ2) is 8.03. The SMILES string of the molecule is Cc1cc(C)nc(-n2nc(C)c(CC(=O)NCCN)c2C)n1.Cl. The van der Waals surface area contributed by atoms with Gasteiger partial charge < -0.3 is 11.1 Å². The fourth-order valence-electron chi connectivity index (χ4n) is 2.36. The molecule has 0 bridgehead atoms. The van der Waals surface area contributed by atoms with Crippen molar-refractivity contribution in [2.45, 2.75) is 34.1 Å². The molecule has 0 atom stereocenters. The van der Waals surface area contributed by atoms with Crippen molar-refractivity contribution in [2.24, 2.45) is 5.73 Å². The van der Waals surface area contributed by atoms with Crippen LogP contribution in [-0.2, 0) is 11.2 Å². The van der Waals surface area contributed by atoms with E-state index in [1.165, 1.54) is 0 Å². The van der Waals surface area contributed by atoms with E-state index in [-0.39, 0.29) is 24.7 Å². The lowest BCUT2D eigenvalue weighted by Crippen LogP contribution is -2.30. The van der Waals surface area contributed by atoms with Gasteiger partial charge in [-0.3, -0.25) is 4.79 Å². The number of hydrogen-bond acceptors (Lipinski definition) is 5. The zero-order chi connectivity index (χ0) is 16.3. The summed E-state index contributed by atoms with van der Waals surface area (Å²) in [5.74, 6) is 0.476. The molecule has 0 saturated carbocycles. The van der Waals surface area contributed by atoms with E-state index in [9.17, 15) is 4.79 Å². The lowest BCUT2D eigenvalue weighted by molar-refractivity contribution is -0.120. The Balaban J connectivity index is 0.00000264. The van der Waals surface area contributed by atoms with Crippen LogP contribution in [0.1, 0.15) is 28.3 Å². The van der Waals surface area contributed by atoms with Gasteiger partial charge in [0.2, 0.25) is 5.91 Å². The number of aryl methyl sites for hydroxylation is 3. The summed E-state index contributed by atoms with van der Waals surface area (Å²) in [4.78, 5) is 20.7. The van der Waals surface area contributed by atoms with Gasteiger partial charge in [-0.2, -0.15) is 5.10 Å². The average Bonchev–Trinajstić information content (AvgIpc) is 2.72. The highest BCUT2D eigenvalue weighted by atomic mass is 35.5. The lowest BCUT2D eigenvalue weighted by Gasteiger charge is -2.06. The Morgan fingerprint density at radius 2 is 1.83 bits per heavy atom. The summed E-state index contributed by atoms with van der Waals surface area (Å²) in [7, 11) is 0. The van der Waals surface area contributed by atoms with Crippen molar-refractivity contribution < 1.29 is 4.79 Å². The number of hydrogen-bond donors (Lipinski definition) is 2. The maximum absolute atomic E-state index is 11.9. The largest absolute Gasteiger partial charge is 0.355 e. The quantitative estimate of drug-likeness (QED) is 0.845. The Labute approximate surface area is 142 Å². The molecule has 23 heavy (non-hydrogen) atoms. The topological polar surface area (TPSA) is 98.7 Å². The first-order valence-electron chi connectivity index (χ1n) is 7.27. The predicted octanol–water partition coefficient (Wildman–Crippen LogP) is 0.935. The van der Waals surface area contributed by atoms with Gasteiger partial charge in [0.25, 0.3) is 5.95 Å². The van der Waals surface area contributed by atoms with Gasteiger partial charge in [-0.15, -0.1) is 12.4 Å². The van der Waals surface area contributed by atoms with Crippen molar-refractivity contribution in [3.8, 4) is 5.95 Å². The number of aromatic nitrogens is 4. The molecule has 7 nitrogen and oxygen atoms in total. The Kier molecular flexibility index (Phi) is 6.65. The van der Waals surface area contributed by atoms with E-state index in [0.29, 0.717) is 19.0 Å². The predicted molar refractivity (Wildman–Crippen MR) is 91.1 cm³/mol. The Hall–Kier alpha value is -1.99. The van der Waals surface area contributed by atoms with Crippen LogP contribution in [0.5, 0.6) is 0 Å². The molecule has 2 aromatic rings. The van der Waals surface area contributed by atoms with Crippen LogP contribution in [-0.4, -0.2) is 38.7 Å². The number of nitrogens with one attached hydrogen (secondary N) is 1. The van der Waals surface area contributed by atoms with Crippen molar-refractivity contribution in [2.75, 3.05) is 13.1 Å². The summed E-state index contributed by atoms with van der Waals surface area (Å²) < 4.78 is 1.70. The molecule has 0 saturated heterocycles. The summed E-state index contributed by atoms with van der Waals surface area (Å²) in [6, 6.07) is 1.91. The Morgan fingerprint density at radius 3 is 2.39 bits per heavy atom. The molecule has 0 spiro atoms. The molecule has 2 rings (SSSR count). The molecule has 0 aliphatic heterocycles. The summed E-state index contributed by atoms with van der Waals surface area (Å²) in [5.41, 5.74) is 9.75. The monoisotopic (exact) mass is 338 g/mol. The van der Waals surface area contributed by atoms with Crippen LogP contribution in [0.3, 0.4) is 0 Å². The number of nitrogens with zero attached hydrogens (tertiary/aromatic N) is 4. The average molecular weight is 339 g/mol. The number of amides is 1. The highest BCUT2D eigenvalue weighted by Gasteiger charge is 2.17. The second-order valence-electron chi connectivity index (χ2n) is 5.33. The third-order valence-electron chi connectivity index (χ3n) is 3.40. The minimum absolute atomic E-state index is 0. The third kappa shape index (κ3) is 4.49. The number of carbonyl (C=O) groups excluding carboxylic acids is 1. The Bertz CT molecular complexity index is 677. The molecule has 0 unspecified atom stereocenters. The number of halogens is 1. The van der Waals surface area contributed by atoms with Crippen LogP contribution in [0.4, 0.5) is 0 Å². The molecule has 3 N–H and O–H groups in total. The highest BCUT2D eigenvalue weighted by Crippen LogP contribution is 2.17. The second-order valence-corrected chi connectivity index (χ2v) is 5.33. The normalized spacial score (nSPS) is 10.3. The van der Waals surface area contributed by atoms with Crippen LogP contribution in [0.25, 0.3) is 5.95 Å². The van der Waals surface area contributed by atoms with Crippen LogP contribution in [0.15, 0.2) is 6.07 Å². The van der Waals surface area contributed by atoms with E-state index in [4.69, 9.17) is 5.73 Å². The molecule has 0 aromatic carbocycles. The summed E-state index contributed by atoms with van der Waals surface area (Å²) >= 11 is 0. The van der Waals surface area contributed by atoms with Gasteiger partial charge >= 0.3 is 0 Å². The van der Waals surface area contributed by atoms with Crippen molar-refractivity contribution in [3.05, 3.63) is 34.4 Å². The molecular weight excluding hydrogens is 316 g/mol. The van der Waals surface area contributed by atoms with Gasteiger partial charge in [-0.05, 0) is 33.8 Å². The molecule has 0 fully saturated rings.